The molecule has 1 N–H and O–H groups in total. The Kier molecular flexibility index (Phi) is 3.11. The van der Waals surface area contributed by atoms with Crippen LogP contribution in [0.5, 0.6) is 5.75 Å². The zero-order valence-electron chi connectivity index (χ0n) is 9.97. The van der Waals surface area contributed by atoms with Crippen molar-refractivity contribution in [3.05, 3.63) is 42.0 Å². The Bertz CT molecular complexity index is 561. The molecule has 0 aliphatic carbocycles. The Morgan fingerprint density at radius 3 is 2.59 bits per heavy atom. The minimum atomic E-state index is -0.0655. The predicted octanol–water partition coefficient (Wildman–Crippen LogP) is 2.29. The normalized spacial score (nSPS) is 11.0. The van der Waals surface area contributed by atoms with Crippen LogP contribution in [-0.2, 0) is 0 Å². The molecule has 0 heterocycles. The molecule has 0 amide bonds. The largest absolute Gasteiger partial charge is 0.507 e. The Hall–Kier alpha value is -1.87. The van der Waals surface area contributed by atoms with Gasteiger partial charge in [-0.25, -0.2) is 0 Å². The SMILES string of the molecule is CN(C)CC(=O)c1c(O)ccc2ccccc12. The monoisotopic (exact) mass is 229 g/mol. The highest BCUT2D eigenvalue weighted by atomic mass is 16.3. The van der Waals surface area contributed by atoms with E-state index in [1.807, 2.05) is 44.4 Å². The van der Waals surface area contributed by atoms with E-state index in [1.54, 1.807) is 11.0 Å². The number of nitrogens with zero attached hydrogens (tertiary/aromatic N) is 1. The average Bonchev–Trinajstić information content (AvgIpc) is 2.27. The van der Waals surface area contributed by atoms with Crippen molar-refractivity contribution in [2.24, 2.45) is 0 Å². The first-order valence-electron chi connectivity index (χ1n) is 5.48. The molecular formula is C14H15NO2. The lowest BCUT2D eigenvalue weighted by Gasteiger charge is -2.11. The van der Waals surface area contributed by atoms with Crippen molar-refractivity contribution in [1.29, 1.82) is 0 Å². The van der Waals surface area contributed by atoms with Crippen LogP contribution in [0.2, 0.25) is 0 Å². The van der Waals surface area contributed by atoms with E-state index in [1.165, 1.54) is 0 Å². The lowest BCUT2D eigenvalue weighted by atomic mass is 10.00. The molecule has 0 fully saturated rings. The number of Topliss-reactive ketones (excluding diaryl/α,β-unsaturated/α-hetero) is 1. The number of carbonyl (C=O) groups excluding carboxylic acids is 1. The van der Waals surface area contributed by atoms with Crippen LogP contribution in [0.25, 0.3) is 10.8 Å². The molecule has 0 saturated carbocycles. The van der Waals surface area contributed by atoms with Gasteiger partial charge in [-0.3, -0.25) is 4.79 Å². The molecule has 17 heavy (non-hydrogen) atoms. The number of phenolic OH excluding ortho intramolecular Hbond substituents is 1. The number of phenols is 1. The average molecular weight is 229 g/mol. The Morgan fingerprint density at radius 2 is 1.88 bits per heavy atom. The smallest absolute Gasteiger partial charge is 0.181 e. The van der Waals surface area contributed by atoms with Crippen LogP contribution in [0.15, 0.2) is 36.4 Å². The second kappa shape index (κ2) is 4.55. The third-order valence-corrected chi connectivity index (χ3v) is 2.65. The van der Waals surface area contributed by atoms with E-state index in [-0.39, 0.29) is 11.5 Å². The van der Waals surface area contributed by atoms with Gasteiger partial charge in [-0.2, -0.15) is 0 Å². The first-order valence-corrected chi connectivity index (χ1v) is 5.48. The minimum Gasteiger partial charge on any atom is -0.507 e. The zero-order chi connectivity index (χ0) is 12.4. The molecular weight excluding hydrogens is 214 g/mol. The van der Waals surface area contributed by atoms with E-state index in [4.69, 9.17) is 0 Å². The Balaban J connectivity index is 2.58. The van der Waals surface area contributed by atoms with Crippen molar-refractivity contribution in [3.63, 3.8) is 0 Å². The molecule has 3 heteroatoms. The number of likely N-dealkylation sites (N-methyl/N-ethyl adjacent to an activating group) is 1. The molecule has 0 spiro atoms. The fourth-order valence-electron chi connectivity index (χ4n) is 1.92. The number of fused-ring (bicyclic) bond motifs is 1. The maximum atomic E-state index is 12.1. The Morgan fingerprint density at radius 1 is 1.18 bits per heavy atom. The van der Waals surface area contributed by atoms with Crippen molar-refractivity contribution in [1.82, 2.24) is 4.90 Å². The molecule has 0 bridgehead atoms. The molecule has 0 radical (unpaired) electrons. The number of aromatic hydroxyl groups is 1. The van der Waals surface area contributed by atoms with Crippen LogP contribution in [-0.4, -0.2) is 36.4 Å². The van der Waals surface area contributed by atoms with Gasteiger partial charge in [0, 0.05) is 0 Å². The van der Waals surface area contributed by atoms with Gasteiger partial charge in [0.25, 0.3) is 0 Å². The summed E-state index contributed by atoms with van der Waals surface area (Å²) in [4.78, 5) is 13.9. The number of rotatable bonds is 3. The second-order valence-corrected chi connectivity index (χ2v) is 4.34. The van der Waals surface area contributed by atoms with Crippen LogP contribution < -0.4 is 0 Å². The number of benzene rings is 2. The summed E-state index contributed by atoms with van der Waals surface area (Å²) in [6.07, 6.45) is 0. The third kappa shape index (κ3) is 2.29. The first-order chi connectivity index (χ1) is 8.09. The fourth-order valence-corrected chi connectivity index (χ4v) is 1.92. The molecule has 88 valence electrons. The Labute approximate surface area is 100 Å². The summed E-state index contributed by atoms with van der Waals surface area (Å²) in [6, 6.07) is 11.0. The molecule has 0 unspecified atom stereocenters. The number of hydrogen-bond donors (Lipinski definition) is 1. The maximum absolute atomic E-state index is 12.1. The van der Waals surface area contributed by atoms with Crippen LogP contribution in [0, 0.1) is 0 Å². The molecule has 2 aromatic rings. The van der Waals surface area contributed by atoms with E-state index >= 15 is 0 Å². The molecule has 0 saturated heterocycles. The summed E-state index contributed by atoms with van der Waals surface area (Å²) in [5, 5.41) is 11.6. The standard InChI is InChI=1S/C14H15NO2/c1-15(2)9-13(17)14-11-6-4-3-5-10(11)7-8-12(14)16/h3-8,16H,9H2,1-2H3. The van der Waals surface area contributed by atoms with Crippen molar-refractivity contribution >= 4 is 16.6 Å². The predicted molar refractivity (Wildman–Crippen MR) is 68.5 cm³/mol. The second-order valence-electron chi connectivity index (χ2n) is 4.34. The highest BCUT2D eigenvalue weighted by molar-refractivity contribution is 6.11. The lowest BCUT2D eigenvalue weighted by molar-refractivity contribution is 0.0957. The molecule has 0 aliphatic heterocycles. The van der Waals surface area contributed by atoms with Crippen molar-refractivity contribution in [3.8, 4) is 5.75 Å². The minimum absolute atomic E-state index is 0.0514. The van der Waals surface area contributed by atoms with Gasteiger partial charge in [0.2, 0.25) is 0 Å². The summed E-state index contributed by atoms with van der Waals surface area (Å²) in [7, 11) is 3.67. The summed E-state index contributed by atoms with van der Waals surface area (Å²) in [5.74, 6) is -0.0140. The quantitative estimate of drug-likeness (QED) is 0.821. The molecule has 2 rings (SSSR count). The van der Waals surface area contributed by atoms with E-state index in [2.05, 4.69) is 0 Å². The van der Waals surface area contributed by atoms with Gasteiger partial charge in [-0.1, -0.05) is 30.3 Å². The molecule has 2 aromatic carbocycles. The summed E-state index contributed by atoms with van der Waals surface area (Å²) >= 11 is 0. The number of carbonyl (C=O) groups is 1. The van der Waals surface area contributed by atoms with Crippen molar-refractivity contribution in [2.75, 3.05) is 20.6 Å². The van der Waals surface area contributed by atoms with Crippen molar-refractivity contribution in [2.45, 2.75) is 0 Å². The van der Waals surface area contributed by atoms with Gasteiger partial charge in [0.1, 0.15) is 5.75 Å². The molecule has 0 aliphatic rings. The zero-order valence-corrected chi connectivity index (χ0v) is 9.97. The molecule has 3 nitrogen and oxygen atoms in total. The topological polar surface area (TPSA) is 40.5 Å². The van der Waals surface area contributed by atoms with Crippen LogP contribution in [0.4, 0.5) is 0 Å². The third-order valence-electron chi connectivity index (χ3n) is 2.65. The summed E-state index contributed by atoms with van der Waals surface area (Å²) in [6.45, 7) is 0.293. The highest BCUT2D eigenvalue weighted by Crippen LogP contribution is 2.27. The molecule has 0 atom stereocenters. The maximum Gasteiger partial charge on any atom is 0.181 e. The number of ketones is 1. The van der Waals surface area contributed by atoms with Crippen LogP contribution in [0.1, 0.15) is 10.4 Å². The van der Waals surface area contributed by atoms with Gasteiger partial charge >= 0.3 is 0 Å². The van der Waals surface area contributed by atoms with Gasteiger partial charge in [-0.15, -0.1) is 0 Å². The fraction of sp³-hybridized carbons (Fsp3) is 0.214. The highest BCUT2D eigenvalue weighted by Gasteiger charge is 2.15. The van der Waals surface area contributed by atoms with Gasteiger partial charge < -0.3 is 10.0 Å². The van der Waals surface area contributed by atoms with Crippen LogP contribution >= 0.6 is 0 Å². The number of hydrogen-bond acceptors (Lipinski definition) is 3. The molecule has 0 aromatic heterocycles. The van der Waals surface area contributed by atoms with Crippen molar-refractivity contribution < 1.29 is 9.90 Å². The summed E-state index contributed by atoms with van der Waals surface area (Å²) < 4.78 is 0. The van der Waals surface area contributed by atoms with E-state index < -0.39 is 0 Å². The van der Waals surface area contributed by atoms with E-state index in [0.717, 1.165) is 10.8 Å². The first kappa shape index (κ1) is 11.6. The van der Waals surface area contributed by atoms with Crippen LogP contribution in [0.3, 0.4) is 0 Å². The lowest BCUT2D eigenvalue weighted by Crippen LogP contribution is -2.21. The van der Waals surface area contributed by atoms with Gasteiger partial charge in [0.05, 0.1) is 12.1 Å². The van der Waals surface area contributed by atoms with E-state index in [9.17, 15) is 9.90 Å². The van der Waals surface area contributed by atoms with Gasteiger partial charge in [0.15, 0.2) is 5.78 Å². The van der Waals surface area contributed by atoms with E-state index in [0.29, 0.717) is 12.1 Å². The summed E-state index contributed by atoms with van der Waals surface area (Å²) in [5.41, 5.74) is 0.414. The van der Waals surface area contributed by atoms with Gasteiger partial charge in [-0.05, 0) is 30.9 Å².